The molecule has 0 spiro atoms. The highest BCUT2D eigenvalue weighted by Crippen LogP contribution is 2.17. The Morgan fingerprint density at radius 2 is 2.20 bits per heavy atom. The molecule has 0 fully saturated rings. The summed E-state index contributed by atoms with van der Waals surface area (Å²) < 4.78 is 0. The van der Waals surface area contributed by atoms with E-state index in [1.54, 1.807) is 12.1 Å². The van der Waals surface area contributed by atoms with E-state index in [0.29, 0.717) is 16.8 Å². The first-order chi connectivity index (χ1) is 9.70. The Balaban J connectivity index is 2.27. The van der Waals surface area contributed by atoms with Gasteiger partial charge in [0.25, 0.3) is 5.91 Å². The second-order valence-electron chi connectivity index (χ2n) is 4.09. The van der Waals surface area contributed by atoms with Crippen molar-refractivity contribution in [3.05, 3.63) is 53.3 Å². The quantitative estimate of drug-likeness (QED) is 0.806. The summed E-state index contributed by atoms with van der Waals surface area (Å²) >= 11 is 0. The molecule has 100 valence electrons. The Morgan fingerprint density at radius 1 is 1.35 bits per heavy atom. The second kappa shape index (κ2) is 6.45. The van der Waals surface area contributed by atoms with Crippen LogP contribution in [0.5, 0.6) is 0 Å². The van der Waals surface area contributed by atoms with Crippen LogP contribution in [-0.4, -0.2) is 27.8 Å². The maximum absolute atomic E-state index is 12.0. The summed E-state index contributed by atoms with van der Waals surface area (Å²) in [7, 11) is 0. The summed E-state index contributed by atoms with van der Waals surface area (Å²) in [6, 6.07) is 7.09. The van der Waals surface area contributed by atoms with Crippen LogP contribution < -0.4 is 5.32 Å². The van der Waals surface area contributed by atoms with Gasteiger partial charge in [0.15, 0.2) is 0 Å². The van der Waals surface area contributed by atoms with Crippen LogP contribution in [0.3, 0.4) is 0 Å². The highest BCUT2D eigenvalue weighted by Gasteiger charge is 2.08. The number of carbonyl (C=O) groups is 1. The molecular weight excluding hydrogens is 254 g/mol. The normalized spacial score (nSPS) is 9.50. The van der Waals surface area contributed by atoms with Gasteiger partial charge < -0.3 is 10.4 Å². The van der Waals surface area contributed by atoms with Crippen molar-refractivity contribution in [2.24, 2.45) is 0 Å². The molecule has 5 nitrogen and oxygen atoms in total. The van der Waals surface area contributed by atoms with Gasteiger partial charge in [-0.15, -0.1) is 0 Å². The molecule has 0 saturated carbocycles. The number of nitrogens with zero attached hydrogens (tertiary/aromatic N) is 2. The van der Waals surface area contributed by atoms with Gasteiger partial charge in [0, 0.05) is 5.56 Å². The molecule has 0 radical (unpaired) electrons. The number of aryl methyl sites for hydroxylation is 1. The minimum absolute atomic E-state index is 0.227. The third-order valence-corrected chi connectivity index (χ3v) is 2.57. The Kier molecular flexibility index (Phi) is 4.43. The lowest BCUT2D eigenvalue weighted by molar-refractivity contribution is 0.102. The zero-order valence-electron chi connectivity index (χ0n) is 10.9. The first-order valence-corrected chi connectivity index (χ1v) is 5.99. The maximum atomic E-state index is 12.0. The maximum Gasteiger partial charge on any atom is 0.257 e. The molecule has 2 aromatic rings. The van der Waals surface area contributed by atoms with Crippen molar-refractivity contribution in [1.82, 2.24) is 10.2 Å². The number of nitrogens with one attached hydrogen (secondary N) is 1. The molecule has 1 amide bonds. The van der Waals surface area contributed by atoms with Gasteiger partial charge in [-0.1, -0.05) is 17.9 Å². The molecule has 0 bridgehead atoms. The Morgan fingerprint density at radius 3 is 2.90 bits per heavy atom. The topological polar surface area (TPSA) is 75.1 Å². The lowest BCUT2D eigenvalue weighted by atomic mass is 10.1. The number of anilines is 1. The molecule has 2 N–H and O–H groups in total. The van der Waals surface area contributed by atoms with Gasteiger partial charge in [0.2, 0.25) is 0 Å². The zero-order chi connectivity index (χ0) is 14.4. The van der Waals surface area contributed by atoms with Gasteiger partial charge in [-0.25, -0.2) is 0 Å². The second-order valence-corrected chi connectivity index (χ2v) is 4.09. The van der Waals surface area contributed by atoms with Crippen molar-refractivity contribution < 1.29 is 9.90 Å². The van der Waals surface area contributed by atoms with Crippen molar-refractivity contribution in [3.8, 4) is 11.8 Å². The molecule has 20 heavy (non-hydrogen) atoms. The molecule has 0 unspecified atom stereocenters. The van der Waals surface area contributed by atoms with Crippen molar-refractivity contribution in [1.29, 1.82) is 0 Å². The van der Waals surface area contributed by atoms with Crippen LogP contribution in [0.25, 0.3) is 0 Å². The number of aliphatic hydroxyl groups excluding tert-OH is 1. The fraction of sp³-hybridized carbons (Fsp3) is 0.133. The van der Waals surface area contributed by atoms with Crippen LogP contribution >= 0.6 is 0 Å². The van der Waals surface area contributed by atoms with E-state index in [2.05, 4.69) is 27.4 Å². The molecule has 5 heteroatoms. The highest BCUT2D eigenvalue weighted by molar-refractivity contribution is 6.04. The van der Waals surface area contributed by atoms with Crippen LogP contribution in [0.1, 0.15) is 21.5 Å². The summed E-state index contributed by atoms with van der Waals surface area (Å²) in [5, 5.41) is 18.8. The van der Waals surface area contributed by atoms with Gasteiger partial charge in [0.05, 0.1) is 23.6 Å². The van der Waals surface area contributed by atoms with Crippen molar-refractivity contribution in [2.45, 2.75) is 6.92 Å². The van der Waals surface area contributed by atoms with E-state index >= 15 is 0 Å². The smallest absolute Gasteiger partial charge is 0.257 e. The van der Waals surface area contributed by atoms with E-state index in [-0.39, 0.29) is 12.5 Å². The number of aliphatic hydroxyl groups is 1. The molecule has 1 heterocycles. The van der Waals surface area contributed by atoms with Crippen LogP contribution in [0.2, 0.25) is 0 Å². The minimum atomic E-state index is -0.282. The van der Waals surface area contributed by atoms with Gasteiger partial charge in [-0.3, -0.25) is 4.79 Å². The molecule has 0 aliphatic rings. The lowest BCUT2D eigenvalue weighted by Gasteiger charge is -2.08. The summed E-state index contributed by atoms with van der Waals surface area (Å²) in [6.45, 7) is 1.71. The number of benzene rings is 1. The number of carbonyl (C=O) groups excluding carboxylic acids is 1. The van der Waals surface area contributed by atoms with Crippen molar-refractivity contribution >= 4 is 11.6 Å². The van der Waals surface area contributed by atoms with E-state index in [4.69, 9.17) is 5.11 Å². The van der Waals surface area contributed by atoms with E-state index in [0.717, 1.165) is 5.56 Å². The molecule has 0 aliphatic carbocycles. The molecule has 0 aliphatic heterocycles. The first kappa shape index (κ1) is 13.7. The highest BCUT2D eigenvalue weighted by atomic mass is 16.2. The van der Waals surface area contributed by atoms with E-state index in [9.17, 15) is 4.79 Å². The predicted molar refractivity (Wildman–Crippen MR) is 75.1 cm³/mol. The van der Waals surface area contributed by atoms with Gasteiger partial charge in [-0.2, -0.15) is 10.2 Å². The third-order valence-electron chi connectivity index (χ3n) is 2.57. The van der Waals surface area contributed by atoms with E-state index < -0.39 is 0 Å². The minimum Gasteiger partial charge on any atom is -0.384 e. The van der Waals surface area contributed by atoms with Crippen LogP contribution in [-0.2, 0) is 0 Å². The molecule has 0 atom stereocenters. The zero-order valence-corrected chi connectivity index (χ0v) is 10.9. The average molecular weight is 267 g/mol. The SMILES string of the molecule is Cc1ccc(NC(=O)c2ccnnc2)c(C#CCO)c1. The summed E-state index contributed by atoms with van der Waals surface area (Å²) in [4.78, 5) is 12.0. The van der Waals surface area contributed by atoms with Gasteiger partial charge >= 0.3 is 0 Å². The Labute approximate surface area is 116 Å². The largest absolute Gasteiger partial charge is 0.384 e. The molecule has 0 saturated heterocycles. The predicted octanol–water partition coefficient (Wildman–Crippen LogP) is 1.38. The monoisotopic (exact) mass is 267 g/mol. The molecular formula is C15H13N3O2. The number of hydrogen-bond donors (Lipinski definition) is 2. The van der Waals surface area contributed by atoms with Crippen LogP contribution in [0.4, 0.5) is 5.69 Å². The van der Waals surface area contributed by atoms with Crippen LogP contribution in [0.15, 0.2) is 36.7 Å². The van der Waals surface area contributed by atoms with E-state index in [1.807, 2.05) is 19.1 Å². The van der Waals surface area contributed by atoms with Gasteiger partial charge in [-0.05, 0) is 30.7 Å². The van der Waals surface area contributed by atoms with Crippen LogP contribution in [0, 0.1) is 18.8 Å². The third kappa shape index (κ3) is 3.40. The Bertz CT molecular complexity index is 673. The Hall–Kier alpha value is -2.71. The summed E-state index contributed by atoms with van der Waals surface area (Å²) in [5.41, 5.74) is 2.70. The average Bonchev–Trinajstić information content (AvgIpc) is 2.48. The number of amides is 1. The lowest BCUT2D eigenvalue weighted by Crippen LogP contribution is -2.13. The molecule has 1 aromatic heterocycles. The van der Waals surface area contributed by atoms with Crippen molar-refractivity contribution in [2.75, 3.05) is 11.9 Å². The van der Waals surface area contributed by atoms with Crippen molar-refractivity contribution in [3.63, 3.8) is 0 Å². The molecule has 2 rings (SSSR count). The standard InChI is InChI=1S/C15H13N3O2/c1-11-4-5-14(12(9-11)3-2-8-19)18-15(20)13-6-7-16-17-10-13/h4-7,9-10,19H,8H2,1H3,(H,18,20). The number of rotatable bonds is 2. The van der Waals surface area contributed by atoms with E-state index in [1.165, 1.54) is 12.4 Å². The number of hydrogen-bond acceptors (Lipinski definition) is 4. The fourth-order valence-corrected chi connectivity index (χ4v) is 1.62. The van der Waals surface area contributed by atoms with Gasteiger partial charge in [0.1, 0.15) is 6.61 Å². The first-order valence-electron chi connectivity index (χ1n) is 5.99. The number of aromatic nitrogens is 2. The fourth-order valence-electron chi connectivity index (χ4n) is 1.62. The molecule has 1 aromatic carbocycles. The summed E-state index contributed by atoms with van der Waals surface area (Å²) in [5.74, 6) is 5.11. The summed E-state index contributed by atoms with van der Waals surface area (Å²) in [6.07, 6.45) is 2.85.